The summed E-state index contributed by atoms with van der Waals surface area (Å²) in [5, 5.41) is 12.2. The first kappa shape index (κ1) is 15.6. The number of benzene rings is 1. The summed E-state index contributed by atoms with van der Waals surface area (Å²) < 4.78 is 26.6. The molecule has 1 rings (SSSR count). The molecule has 0 fully saturated rings. The van der Waals surface area contributed by atoms with Crippen molar-refractivity contribution < 1.29 is 18.7 Å². The van der Waals surface area contributed by atoms with E-state index >= 15 is 0 Å². The van der Waals surface area contributed by atoms with Crippen molar-refractivity contribution in [3.63, 3.8) is 0 Å². The van der Waals surface area contributed by atoms with E-state index in [2.05, 4.69) is 5.32 Å². The summed E-state index contributed by atoms with van der Waals surface area (Å²) in [5.74, 6) is -2.77. The molecule has 3 nitrogen and oxygen atoms in total. The zero-order chi connectivity index (χ0) is 14.8. The van der Waals surface area contributed by atoms with Crippen molar-refractivity contribution in [2.45, 2.75) is 39.8 Å². The van der Waals surface area contributed by atoms with Crippen molar-refractivity contribution in [1.29, 1.82) is 0 Å². The molecule has 0 unspecified atom stereocenters. The number of carboxylic acids is 1. The van der Waals surface area contributed by atoms with Gasteiger partial charge in [0.2, 0.25) is 0 Å². The highest BCUT2D eigenvalue weighted by atomic mass is 19.2. The van der Waals surface area contributed by atoms with Gasteiger partial charge in [-0.3, -0.25) is 4.79 Å². The topological polar surface area (TPSA) is 49.3 Å². The van der Waals surface area contributed by atoms with Crippen LogP contribution in [0.3, 0.4) is 0 Å². The maximum absolute atomic E-state index is 13.5. The number of carbonyl (C=O) groups is 1. The van der Waals surface area contributed by atoms with Gasteiger partial charge < -0.3 is 10.4 Å². The molecule has 0 bridgehead atoms. The normalized spacial score (nSPS) is 12.5. The van der Waals surface area contributed by atoms with E-state index in [0.717, 1.165) is 6.07 Å². The Labute approximate surface area is 111 Å². The number of rotatable bonds is 5. The highest BCUT2D eigenvalue weighted by Crippen LogP contribution is 2.31. The molecule has 0 amide bonds. The summed E-state index contributed by atoms with van der Waals surface area (Å²) in [4.78, 5) is 11.2. The molecule has 0 spiro atoms. The smallest absolute Gasteiger partial charge is 0.310 e. The van der Waals surface area contributed by atoms with Gasteiger partial charge in [-0.1, -0.05) is 12.1 Å². The minimum Gasteiger partial charge on any atom is -0.481 e. The number of halogens is 2. The summed E-state index contributed by atoms with van der Waals surface area (Å²) in [5.41, 5.74) is -1.65. The Bertz CT molecular complexity index is 484. The minimum atomic E-state index is -1.04. The van der Waals surface area contributed by atoms with Gasteiger partial charge in [0, 0.05) is 17.6 Å². The molecule has 0 saturated heterocycles. The minimum absolute atomic E-state index is 0.0628. The molecule has 0 heterocycles. The summed E-state index contributed by atoms with van der Waals surface area (Å²) >= 11 is 0. The predicted molar refractivity (Wildman–Crippen MR) is 68.7 cm³/mol. The van der Waals surface area contributed by atoms with E-state index in [1.165, 1.54) is 12.1 Å². The average molecular weight is 271 g/mol. The van der Waals surface area contributed by atoms with E-state index in [0.29, 0.717) is 0 Å². The Balaban J connectivity index is 2.87. The van der Waals surface area contributed by atoms with Crippen LogP contribution in [-0.4, -0.2) is 16.6 Å². The van der Waals surface area contributed by atoms with Crippen LogP contribution in [-0.2, 0) is 11.3 Å². The van der Waals surface area contributed by atoms with Gasteiger partial charge in [0.05, 0.1) is 5.41 Å². The van der Waals surface area contributed by atoms with E-state index < -0.39 is 28.6 Å². The summed E-state index contributed by atoms with van der Waals surface area (Å²) in [6.45, 7) is 6.68. The fourth-order valence-corrected chi connectivity index (χ4v) is 1.49. The zero-order valence-electron chi connectivity index (χ0n) is 11.6. The molecule has 5 heteroatoms. The van der Waals surface area contributed by atoms with Crippen LogP contribution in [0.1, 0.15) is 33.3 Å². The number of hydrogen-bond donors (Lipinski definition) is 2. The molecule has 0 aliphatic rings. The maximum Gasteiger partial charge on any atom is 0.310 e. The average Bonchev–Trinajstić information content (AvgIpc) is 2.30. The molecule has 1 aromatic rings. The van der Waals surface area contributed by atoms with Crippen molar-refractivity contribution in [3.8, 4) is 0 Å². The number of nitrogens with one attached hydrogen (secondary N) is 1. The lowest BCUT2D eigenvalue weighted by atomic mass is 9.74. The van der Waals surface area contributed by atoms with Gasteiger partial charge in [-0.05, 0) is 33.8 Å². The fourth-order valence-electron chi connectivity index (χ4n) is 1.49. The van der Waals surface area contributed by atoms with Crippen LogP contribution in [0, 0.1) is 17.0 Å². The molecular formula is C14H19F2NO2. The van der Waals surface area contributed by atoms with Crippen molar-refractivity contribution in [3.05, 3.63) is 35.4 Å². The number of hydrogen-bond acceptors (Lipinski definition) is 2. The molecule has 0 saturated carbocycles. The summed E-state index contributed by atoms with van der Waals surface area (Å²) in [6, 6.07) is 3.94. The molecule has 106 valence electrons. The standard InChI is InChI=1S/C14H19F2NO2/c1-13(2,12(18)19)14(3,4)17-8-9-6-5-7-10(15)11(9)16/h5-7,17H,8H2,1-4H3,(H,18,19). The van der Waals surface area contributed by atoms with E-state index in [-0.39, 0.29) is 12.1 Å². The van der Waals surface area contributed by atoms with Gasteiger partial charge in [-0.15, -0.1) is 0 Å². The van der Waals surface area contributed by atoms with Crippen LogP contribution in [0.15, 0.2) is 18.2 Å². The van der Waals surface area contributed by atoms with Gasteiger partial charge >= 0.3 is 5.97 Å². The quantitative estimate of drug-likeness (QED) is 0.865. The van der Waals surface area contributed by atoms with Crippen molar-refractivity contribution in [2.75, 3.05) is 0 Å². The predicted octanol–water partition coefficient (Wildman–Crippen LogP) is 2.94. The lowest BCUT2D eigenvalue weighted by molar-refractivity contribution is -0.151. The third-order valence-corrected chi connectivity index (χ3v) is 3.85. The largest absolute Gasteiger partial charge is 0.481 e. The van der Waals surface area contributed by atoms with Crippen LogP contribution >= 0.6 is 0 Å². The lowest BCUT2D eigenvalue weighted by Gasteiger charge is -2.39. The van der Waals surface area contributed by atoms with Crippen molar-refractivity contribution >= 4 is 5.97 Å². The Kier molecular flexibility index (Phi) is 4.30. The van der Waals surface area contributed by atoms with E-state index in [1.54, 1.807) is 27.7 Å². The summed E-state index contributed by atoms with van der Waals surface area (Å²) in [7, 11) is 0. The molecule has 19 heavy (non-hydrogen) atoms. The van der Waals surface area contributed by atoms with Gasteiger partial charge in [0.15, 0.2) is 11.6 Å². The second-order valence-electron chi connectivity index (χ2n) is 5.62. The lowest BCUT2D eigenvalue weighted by Crippen LogP contribution is -2.54. The molecule has 0 atom stereocenters. The Morgan fingerprint density at radius 1 is 1.26 bits per heavy atom. The highest BCUT2D eigenvalue weighted by molar-refractivity contribution is 5.75. The third-order valence-electron chi connectivity index (χ3n) is 3.85. The van der Waals surface area contributed by atoms with Crippen LogP contribution in [0.4, 0.5) is 8.78 Å². The fraction of sp³-hybridized carbons (Fsp3) is 0.500. The first-order chi connectivity index (χ1) is 8.59. The molecule has 2 N–H and O–H groups in total. The second kappa shape index (κ2) is 5.25. The molecule has 0 aromatic heterocycles. The van der Waals surface area contributed by atoms with Crippen LogP contribution < -0.4 is 5.32 Å². The van der Waals surface area contributed by atoms with Crippen LogP contribution in [0.5, 0.6) is 0 Å². The molecular weight excluding hydrogens is 252 g/mol. The van der Waals surface area contributed by atoms with Gasteiger partial charge in [0.1, 0.15) is 0 Å². The molecule has 1 aromatic carbocycles. The summed E-state index contributed by atoms with van der Waals surface area (Å²) in [6.07, 6.45) is 0. The SMILES string of the molecule is CC(C)(NCc1cccc(F)c1F)C(C)(C)C(=O)O. The van der Waals surface area contributed by atoms with Crippen molar-refractivity contribution in [2.24, 2.45) is 5.41 Å². The number of carboxylic acid groups (broad SMARTS) is 1. The van der Waals surface area contributed by atoms with E-state index in [1.807, 2.05) is 0 Å². The second-order valence-corrected chi connectivity index (χ2v) is 5.62. The third kappa shape index (κ3) is 3.10. The number of aliphatic carboxylic acids is 1. The first-order valence-corrected chi connectivity index (χ1v) is 6.01. The van der Waals surface area contributed by atoms with E-state index in [9.17, 15) is 18.7 Å². The maximum atomic E-state index is 13.5. The zero-order valence-corrected chi connectivity index (χ0v) is 11.6. The van der Waals surface area contributed by atoms with Crippen LogP contribution in [0.2, 0.25) is 0 Å². The Morgan fingerprint density at radius 3 is 2.37 bits per heavy atom. The highest BCUT2D eigenvalue weighted by Gasteiger charge is 2.43. The van der Waals surface area contributed by atoms with E-state index in [4.69, 9.17) is 0 Å². The monoisotopic (exact) mass is 271 g/mol. The molecule has 0 radical (unpaired) electrons. The van der Waals surface area contributed by atoms with Crippen molar-refractivity contribution in [1.82, 2.24) is 5.32 Å². The van der Waals surface area contributed by atoms with Gasteiger partial charge in [0.25, 0.3) is 0 Å². The van der Waals surface area contributed by atoms with Gasteiger partial charge in [-0.25, -0.2) is 8.78 Å². The first-order valence-electron chi connectivity index (χ1n) is 6.01. The molecule has 0 aliphatic heterocycles. The Hall–Kier alpha value is -1.49. The molecule has 0 aliphatic carbocycles. The van der Waals surface area contributed by atoms with Gasteiger partial charge in [-0.2, -0.15) is 0 Å². The van der Waals surface area contributed by atoms with Crippen LogP contribution in [0.25, 0.3) is 0 Å². The Morgan fingerprint density at radius 2 is 1.84 bits per heavy atom.